The van der Waals surface area contributed by atoms with E-state index in [4.69, 9.17) is 15.7 Å². The summed E-state index contributed by atoms with van der Waals surface area (Å²) in [7, 11) is 0. The molecular weight excluding hydrogens is 390 g/mol. The van der Waals surface area contributed by atoms with Gasteiger partial charge in [-0.15, -0.1) is 12.4 Å². The van der Waals surface area contributed by atoms with Crippen LogP contribution in [0.3, 0.4) is 0 Å². The van der Waals surface area contributed by atoms with Gasteiger partial charge >= 0.3 is 0 Å². The molecule has 2 atom stereocenters. The monoisotopic (exact) mass is 421 g/mol. The molecule has 1 aliphatic rings. The number of likely N-dealkylation sites (tertiary alicyclic amines) is 1. The van der Waals surface area contributed by atoms with Crippen LogP contribution in [-0.2, 0) is 6.42 Å². The van der Waals surface area contributed by atoms with Gasteiger partial charge < -0.3 is 20.3 Å². The van der Waals surface area contributed by atoms with Crippen LogP contribution in [0.4, 0.5) is 0 Å². The largest absolute Gasteiger partial charge is 0.391 e. The van der Waals surface area contributed by atoms with E-state index in [0.29, 0.717) is 24.7 Å². The zero-order valence-corrected chi connectivity index (χ0v) is 17.8. The van der Waals surface area contributed by atoms with E-state index in [2.05, 4.69) is 29.2 Å². The number of aromatic nitrogens is 2. The van der Waals surface area contributed by atoms with E-state index in [9.17, 15) is 5.11 Å². The Balaban J connectivity index is 0.00000300. The molecular formula is C21H32ClN5O2. The summed E-state index contributed by atoms with van der Waals surface area (Å²) >= 11 is 0. The van der Waals surface area contributed by atoms with Crippen LogP contribution in [0.1, 0.15) is 69.4 Å². The lowest BCUT2D eigenvalue weighted by atomic mass is 10.0. The molecule has 0 bridgehead atoms. The van der Waals surface area contributed by atoms with E-state index in [1.165, 1.54) is 44.1 Å². The summed E-state index contributed by atoms with van der Waals surface area (Å²) in [5, 5.41) is 21.6. The van der Waals surface area contributed by atoms with E-state index >= 15 is 0 Å². The Morgan fingerprint density at radius 1 is 1.21 bits per heavy atom. The van der Waals surface area contributed by atoms with E-state index in [1.54, 1.807) is 4.90 Å². The molecule has 4 N–H and O–H groups in total. The molecule has 2 heterocycles. The van der Waals surface area contributed by atoms with E-state index in [-0.39, 0.29) is 24.4 Å². The summed E-state index contributed by atoms with van der Waals surface area (Å²) in [5.41, 5.74) is 7.83. The van der Waals surface area contributed by atoms with E-state index in [0.717, 1.165) is 12.0 Å². The van der Waals surface area contributed by atoms with Crippen molar-refractivity contribution in [2.45, 2.75) is 70.4 Å². The van der Waals surface area contributed by atoms with Gasteiger partial charge in [-0.25, -0.2) is 0 Å². The lowest BCUT2D eigenvalue weighted by Crippen LogP contribution is -2.36. The maximum Gasteiger partial charge on any atom is 0.249 e. The van der Waals surface area contributed by atoms with Gasteiger partial charge in [-0.2, -0.15) is 4.98 Å². The van der Waals surface area contributed by atoms with Gasteiger partial charge in [-0.05, 0) is 18.4 Å². The number of aliphatic hydroxyl groups is 1. The number of β-amino-alcohol motifs (C(OH)–C–C–N with tert-alkyl or cyclic N) is 1. The fourth-order valence-corrected chi connectivity index (χ4v) is 3.73. The molecule has 1 aromatic heterocycles. The average Bonchev–Trinajstić information content (AvgIpc) is 3.32. The molecule has 3 rings (SSSR count). The van der Waals surface area contributed by atoms with Crippen molar-refractivity contribution in [3.05, 3.63) is 35.7 Å². The Kier molecular flexibility index (Phi) is 8.92. The Bertz CT molecular complexity index is 765. The van der Waals surface area contributed by atoms with Crippen LogP contribution in [0.5, 0.6) is 0 Å². The summed E-state index contributed by atoms with van der Waals surface area (Å²) in [6, 6.07) is 7.94. The molecule has 0 aliphatic carbocycles. The van der Waals surface area contributed by atoms with Gasteiger partial charge in [0, 0.05) is 18.5 Å². The summed E-state index contributed by atoms with van der Waals surface area (Å²) < 4.78 is 5.41. The first-order chi connectivity index (χ1) is 13.6. The van der Waals surface area contributed by atoms with Crippen LogP contribution in [0.2, 0.25) is 0 Å². The Morgan fingerprint density at radius 3 is 2.59 bits per heavy atom. The number of aryl methyl sites for hydroxylation is 1. The van der Waals surface area contributed by atoms with Crippen molar-refractivity contribution < 1.29 is 9.63 Å². The minimum absolute atomic E-state index is 0. The highest BCUT2D eigenvalue weighted by Crippen LogP contribution is 2.31. The normalized spacial score (nSPS) is 18.6. The molecule has 1 fully saturated rings. The number of halogens is 1. The number of guanidine groups is 1. The quantitative estimate of drug-likeness (QED) is 0.319. The zero-order chi connectivity index (χ0) is 19.9. The molecule has 7 nitrogen and oxygen atoms in total. The van der Waals surface area contributed by atoms with Crippen LogP contribution < -0.4 is 5.73 Å². The molecule has 160 valence electrons. The van der Waals surface area contributed by atoms with Crippen molar-refractivity contribution in [2.24, 2.45) is 5.73 Å². The number of rotatable bonds is 9. The predicted octanol–water partition coefficient (Wildman–Crippen LogP) is 4.06. The van der Waals surface area contributed by atoms with Gasteiger partial charge in [0.2, 0.25) is 11.7 Å². The number of nitrogens with zero attached hydrogens (tertiary/aromatic N) is 3. The SMILES string of the molecule is CCCCCCCCc1ccc(-c2noc(C3C[C@H](O)CN3C(=N)N)n2)cc1.Cl. The lowest BCUT2D eigenvalue weighted by molar-refractivity contribution is 0.187. The van der Waals surface area contributed by atoms with Crippen molar-refractivity contribution in [3.63, 3.8) is 0 Å². The first kappa shape index (κ1) is 23.2. The van der Waals surface area contributed by atoms with Crippen LogP contribution in [0.15, 0.2) is 28.8 Å². The molecule has 1 saturated heterocycles. The third-order valence-corrected chi connectivity index (χ3v) is 5.35. The molecule has 1 unspecified atom stereocenters. The zero-order valence-electron chi connectivity index (χ0n) is 17.0. The number of hydrogen-bond acceptors (Lipinski definition) is 5. The molecule has 0 saturated carbocycles. The van der Waals surface area contributed by atoms with Gasteiger partial charge in [-0.1, -0.05) is 68.4 Å². The van der Waals surface area contributed by atoms with Gasteiger partial charge in [0.15, 0.2) is 5.96 Å². The maximum absolute atomic E-state index is 9.88. The second-order valence-corrected chi connectivity index (χ2v) is 7.61. The molecule has 8 heteroatoms. The number of nitrogens with two attached hydrogens (primary N) is 1. The average molecular weight is 422 g/mol. The van der Waals surface area contributed by atoms with Crippen LogP contribution in [0, 0.1) is 5.41 Å². The second kappa shape index (κ2) is 11.2. The Hall–Kier alpha value is -2.12. The van der Waals surface area contributed by atoms with Gasteiger partial charge in [-0.3, -0.25) is 5.41 Å². The van der Waals surface area contributed by atoms with Crippen molar-refractivity contribution in [2.75, 3.05) is 6.54 Å². The van der Waals surface area contributed by atoms with E-state index < -0.39 is 6.10 Å². The molecule has 1 aromatic carbocycles. The maximum atomic E-state index is 9.88. The van der Waals surface area contributed by atoms with Gasteiger partial charge in [0.05, 0.1) is 6.10 Å². The highest BCUT2D eigenvalue weighted by Gasteiger charge is 2.36. The fraction of sp³-hybridized carbons (Fsp3) is 0.571. The number of unbranched alkanes of at least 4 members (excludes halogenated alkanes) is 5. The van der Waals surface area contributed by atoms with Crippen LogP contribution in [0.25, 0.3) is 11.4 Å². The summed E-state index contributed by atoms with van der Waals surface area (Å²) in [5.74, 6) is 0.810. The van der Waals surface area contributed by atoms with Gasteiger partial charge in [0.25, 0.3) is 0 Å². The molecule has 1 aliphatic heterocycles. The van der Waals surface area contributed by atoms with Crippen LogP contribution >= 0.6 is 12.4 Å². The number of benzene rings is 1. The molecule has 0 spiro atoms. The summed E-state index contributed by atoms with van der Waals surface area (Å²) in [6.07, 6.45) is 8.77. The molecule has 29 heavy (non-hydrogen) atoms. The smallest absolute Gasteiger partial charge is 0.249 e. The van der Waals surface area contributed by atoms with Gasteiger partial charge in [0.1, 0.15) is 6.04 Å². The molecule has 2 aromatic rings. The first-order valence-electron chi connectivity index (χ1n) is 10.3. The van der Waals surface area contributed by atoms with Crippen molar-refractivity contribution in [1.29, 1.82) is 5.41 Å². The number of hydrogen-bond donors (Lipinski definition) is 3. The highest BCUT2D eigenvalue weighted by molar-refractivity contribution is 5.85. The minimum Gasteiger partial charge on any atom is -0.391 e. The number of nitrogens with one attached hydrogen (secondary N) is 1. The molecule has 0 radical (unpaired) electrons. The van der Waals surface area contributed by atoms with Crippen molar-refractivity contribution in [1.82, 2.24) is 15.0 Å². The van der Waals surface area contributed by atoms with Crippen LogP contribution in [-0.4, -0.2) is 38.8 Å². The Labute approximate surface area is 178 Å². The van der Waals surface area contributed by atoms with Crippen molar-refractivity contribution in [3.8, 4) is 11.4 Å². The van der Waals surface area contributed by atoms with Crippen molar-refractivity contribution >= 4 is 18.4 Å². The highest BCUT2D eigenvalue weighted by atomic mass is 35.5. The topological polar surface area (TPSA) is 112 Å². The summed E-state index contributed by atoms with van der Waals surface area (Å²) in [6.45, 7) is 2.55. The fourth-order valence-electron chi connectivity index (χ4n) is 3.73. The van der Waals surface area contributed by atoms with E-state index in [1.807, 2.05) is 12.1 Å². The predicted molar refractivity (Wildman–Crippen MR) is 116 cm³/mol. The standard InChI is InChI=1S/C21H31N5O2.ClH/c1-2-3-4-5-6-7-8-15-9-11-16(12-10-15)19-24-20(28-25-19)18-13-17(27)14-26(18)21(22)23;/h9-12,17-18,27H,2-8,13-14H2,1H3,(H3,22,23);1H/t17-,18?;/m0./s1. The third-order valence-electron chi connectivity index (χ3n) is 5.35. The lowest BCUT2D eigenvalue weighted by Gasteiger charge is -2.20. The number of aliphatic hydroxyl groups excluding tert-OH is 1. The summed E-state index contributed by atoms with van der Waals surface area (Å²) in [4.78, 5) is 6.07. The molecule has 0 amide bonds. The Morgan fingerprint density at radius 2 is 1.90 bits per heavy atom. The minimum atomic E-state index is -0.550. The second-order valence-electron chi connectivity index (χ2n) is 7.61. The first-order valence-corrected chi connectivity index (χ1v) is 10.3. The third kappa shape index (κ3) is 6.18.